The molecule has 1 atom stereocenters. The molecule has 1 aromatic carbocycles. The molecular formula is C14H18ClNO4. The van der Waals surface area contributed by atoms with Crippen LogP contribution in [0.2, 0.25) is 5.02 Å². The fourth-order valence-electron chi connectivity index (χ4n) is 1.94. The summed E-state index contributed by atoms with van der Waals surface area (Å²) in [6.07, 6.45) is 1.03. The first-order chi connectivity index (χ1) is 9.58. The lowest BCUT2D eigenvalue weighted by Crippen LogP contribution is -2.25. The smallest absolute Gasteiger partial charge is 0.251 e. The monoisotopic (exact) mass is 299 g/mol. The minimum Gasteiger partial charge on any atom is -0.486 e. The molecular weight excluding hydrogens is 282 g/mol. The first-order valence-corrected chi connectivity index (χ1v) is 7.01. The van der Waals surface area contributed by atoms with Crippen LogP contribution < -0.4 is 14.8 Å². The molecule has 1 heterocycles. The highest BCUT2D eigenvalue weighted by Gasteiger charge is 2.19. The van der Waals surface area contributed by atoms with Gasteiger partial charge in [0.1, 0.15) is 13.2 Å². The molecule has 0 radical (unpaired) electrons. The van der Waals surface area contributed by atoms with Crippen molar-refractivity contribution < 1.29 is 19.4 Å². The molecule has 20 heavy (non-hydrogen) atoms. The minimum atomic E-state index is -0.351. The number of nitrogens with one attached hydrogen (secondary N) is 1. The number of benzene rings is 1. The maximum Gasteiger partial charge on any atom is 0.251 e. The fourth-order valence-corrected chi connectivity index (χ4v) is 2.21. The Balaban J connectivity index is 1.98. The van der Waals surface area contributed by atoms with Gasteiger partial charge in [0.2, 0.25) is 0 Å². The van der Waals surface area contributed by atoms with Crippen LogP contribution in [0.5, 0.6) is 11.5 Å². The maximum absolute atomic E-state index is 12.0. The molecule has 0 saturated carbocycles. The predicted molar refractivity (Wildman–Crippen MR) is 75.7 cm³/mol. The quantitative estimate of drug-likeness (QED) is 0.816. The van der Waals surface area contributed by atoms with Crippen molar-refractivity contribution >= 4 is 17.5 Å². The number of carbonyl (C=O) groups excluding carboxylic acids is 1. The minimum absolute atomic E-state index is 0.213. The van der Waals surface area contributed by atoms with Gasteiger partial charge in [-0.15, -0.1) is 0 Å². The molecule has 0 spiro atoms. The lowest BCUT2D eigenvalue weighted by Gasteiger charge is -2.20. The Morgan fingerprint density at radius 1 is 1.45 bits per heavy atom. The van der Waals surface area contributed by atoms with Crippen molar-refractivity contribution in [3.05, 3.63) is 22.7 Å². The van der Waals surface area contributed by atoms with Crippen LogP contribution in [0.1, 0.15) is 30.1 Å². The van der Waals surface area contributed by atoms with Crippen LogP contribution in [0.25, 0.3) is 0 Å². The van der Waals surface area contributed by atoms with Gasteiger partial charge in [-0.25, -0.2) is 0 Å². The zero-order chi connectivity index (χ0) is 14.5. The Morgan fingerprint density at radius 2 is 2.20 bits per heavy atom. The second-order valence-electron chi connectivity index (χ2n) is 4.73. The van der Waals surface area contributed by atoms with Gasteiger partial charge in [-0.2, -0.15) is 0 Å². The van der Waals surface area contributed by atoms with Gasteiger partial charge >= 0.3 is 0 Å². The van der Waals surface area contributed by atoms with E-state index in [9.17, 15) is 4.79 Å². The van der Waals surface area contributed by atoms with E-state index in [1.807, 2.05) is 0 Å². The van der Waals surface area contributed by atoms with E-state index in [0.717, 1.165) is 6.42 Å². The zero-order valence-electron chi connectivity index (χ0n) is 11.3. The lowest BCUT2D eigenvalue weighted by molar-refractivity contribution is 0.0948. The van der Waals surface area contributed by atoms with E-state index >= 15 is 0 Å². The molecule has 1 aliphatic rings. The average molecular weight is 300 g/mol. The highest BCUT2D eigenvalue weighted by Crippen LogP contribution is 2.38. The third-order valence-corrected chi connectivity index (χ3v) is 3.22. The molecule has 110 valence electrons. The van der Waals surface area contributed by atoms with E-state index in [1.165, 1.54) is 0 Å². The van der Waals surface area contributed by atoms with Crippen LogP contribution in [0.3, 0.4) is 0 Å². The van der Waals surface area contributed by atoms with E-state index in [1.54, 1.807) is 19.1 Å². The summed E-state index contributed by atoms with van der Waals surface area (Å²) >= 11 is 6.08. The van der Waals surface area contributed by atoms with E-state index < -0.39 is 0 Å². The van der Waals surface area contributed by atoms with Gasteiger partial charge in [0, 0.05) is 12.1 Å². The summed E-state index contributed by atoms with van der Waals surface area (Å²) in [6, 6.07) is 3.20. The molecule has 0 aliphatic carbocycles. The van der Waals surface area contributed by atoms with Crippen molar-refractivity contribution in [2.75, 3.05) is 19.8 Å². The van der Waals surface area contributed by atoms with Crippen molar-refractivity contribution in [1.29, 1.82) is 0 Å². The van der Waals surface area contributed by atoms with Crippen molar-refractivity contribution in [1.82, 2.24) is 5.32 Å². The zero-order valence-corrected chi connectivity index (χ0v) is 12.1. The molecule has 1 amide bonds. The normalized spacial score (nSPS) is 14.8. The van der Waals surface area contributed by atoms with E-state index in [2.05, 4.69) is 5.32 Å². The number of rotatable bonds is 5. The third-order valence-electron chi connectivity index (χ3n) is 2.94. The van der Waals surface area contributed by atoms with Gasteiger partial charge in [0.25, 0.3) is 5.91 Å². The van der Waals surface area contributed by atoms with Gasteiger partial charge < -0.3 is 19.9 Å². The van der Waals surface area contributed by atoms with Gasteiger partial charge in [0.15, 0.2) is 11.5 Å². The number of hydrogen-bond acceptors (Lipinski definition) is 4. The second-order valence-corrected chi connectivity index (χ2v) is 5.14. The van der Waals surface area contributed by atoms with Crippen LogP contribution in [0.15, 0.2) is 12.1 Å². The highest BCUT2D eigenvalue weighted by atomic mass is 35.5. The highest BCUT2D eigenvalue weighted by molar-refractivity contribution is 6.32. The van der Waals surface area contributed by atoms with E-state index in [4.69, 9.17) is 26.2 Å². The van der Waals surface area contributed by atoms with Gasteiger partial charge in [-0.05, 0) is 31.9 Å². The van der Waals surface area contributed by atoms with Crippen molar-refractivity contribution in [3.63, 3.8) is 0 Å². The van der Waals surface area contributed by atoms with Gasteiger partial charge in [-0.1, -0.05) is 11.6 Å². The summed E-state index contributed by atoms with van der Waals surface area (Å²) in [5.74, 6) is 0.774. The molecule has 1 unspecified atom stereocenters. The SMILES string of the molecule is CC(O)CCCNC(=O)c1cc(Cl)c2c(c1)OCCO2. The number of halogens is 1. The standard InChI is InChI=1S/C14H18ClNO4/c1-9(17)3-2-4-16-14(18)10-7-11(15)13-12(8-10)19-5-6-20-13/h7-9,17H,2-6H2,1H3,(H,16,18). The van der Waals surface area contributed by atoms with Crippen LogP contribution in [-0.2, 0) is 0 Å². The molecule has 0 fully saturated rings. The predicted octanol–water partition coefficient (Wildman–Crippen LogP) is 2.00. The Labute approximate surface area is 122 Å². The summed E-state index contributed by atoms with van der Waals surface area (Å²) in [6.45, 7) is 3.14. The second kappa shape index (κ2) is 6.81. The number of amides is 1. The van der Waals surface area contributed by atoms with Crippen molar-refractivity contribution in [2.45, 2.75) is 25.9 Å². The summed E-state index contributed by atoms with van der Waals surface area (Å²) in [7, 11) is 0. The Bertz CT molecular complexity index is 490. The summed E-state index contributed by atoms with van der Waals surface area (Å²) < 4.78 is 10.8. The molecule has 2 rings (SSSR count). The van der Waals surface area contributed by atoms with Crippen LogP contribution >= 0.6 is 11.6 Å². The summed E-state index contributed by atoms with van der Waals surface area (Å²) in [5, 5.41) is 12.3. The van der Waals surface area contributed by atoms with Crippen LogP contribution in [0.4, 0.5) is 0 Å². The third kappa shape index (κ3) is 3.77. The molecule has 2 N–H and O–H groups in total. The summed E-state index contributed by atoms with van der Waals surface area (Å²) in [4.78, 5) is 12.0. The largest absolute Gasteiger partial charge is 0.486 e. The number of carbonyl (C=O) groups is 1. The number of fused-ring (bicyclic) bond motifs is 1. The first kappa shape index (κ1) is 14.9. The van der Waals surface area contributed by atoms with Crippen LogP contribution in [0, 0.1) is 0 Å². The maximum atomic E-state index is 12.0. The van der Waals surface area contributed by atoms with Crippen molar-refractivity contribution in [3.8, 4) is 11.5 Å². The molecule has 1 aliphatic heterocycles. The average Bonchev–Trinajstić information content (AvgIpc) is 2.43. The Hall–Kier alpha value is -1.46. The number of hydrogen-bond donors (Lipinski definition) is 2. The molecule has 6 heteroatoms. The van der Waals surface area contributed by atoms with Gasteiger partial charge in [0.05, 0.1) is 11.1 Å². The first-order valence-electron chi connectivity index (χ1n) is 6.63. The van der Waals surface area contributed by atoms with Gasteiger partial charge in [-0.3, -0.25) is 4.79 Å². The number of aliphatic hydroxyl groups is 1. The fraction of sp³-hybridized carbons (Fsp3) is 0.500. The number of ether oxygens (including phenoxy) is 2. The molecule has 0 saturated heterocycles. The molecule has 5 nitrogen and oxygen atoms in total. The summed E-state index contributed by atoms with van der Waals surface area (Å²) in [5.41, 5.74) is 0.441. The topological polar surface area (TPSA) is 67.8 Å². The number of aliphatic hydroxyl groups excluding tert-OH is 1. The molecule has 0 aromatic heterocycles. The van der Waals surface area contributed by atoms with Crippen LogP contribution in [-0.4, -0.2) is 36.9 Å². The molecule has 0 bridgehead atoms. The van der Waals surface area contributed by atoms with E-state index in [-0.39, 0.29) is 12.0 Å². The molecule has 1 aromatic rings. The van der Waals surface area contributed by atoms with Crippen molar-refractivity contribution in [2.24, 2.45) is 0 Å². The Kier molecular flexibility index (Phi) is 5.09. The lowest BCUT2D eigenvalue weighted by atomic mass is 10.1. The Morgan fingerprint density at radius 3 is 2.95 bits per heavy atom. The van der Waals surface area contributed by atoms with E-state index in [0.29, 0.717) is 48.3 Å².